The minimum absolute atomic E-state index is 0.00653. The zero-order chi connectivity index (χ0) is 21.1. The second kappa shape index (κ2) is 19.1. The Balaban J connectivity index is 0. The molecule has 2 unspecified atom stereocenters. The van der Waals surface area contributed by atoms with E-state index in [-0.39, 0.29) is 5.85 Å². The number of aliphatic carboxylic acids is 1. The van der Waals surface area contributed by atoms with Gasteiger partial charge in [-0.1, -0.05) is 6.42 Å². The SMILES string of the molecule is CCCCCCCCCCCC(O)[PH](C)(C)C.NCCCCC(N)C(=O)O. The fourth-order valence-corrected chi connectivity index (χ4v) is 3.78. The predicted molar refractivity (Wildman–Crippen MR) is 122 cm³/mol. The molecular weight excluding hydrogens is 359 g/mol. The van der Waals surface area contributed by atoms with Gasteiger partial charge in [0.15, 0.2) is 0 Å². The zero-order valence-corrected chi connectivity index (χ0v) is 19.5. The Labute approximate surface area is 169 Å². The minimum Gasteiger partial charge on any atom is -0.480 e. The molecule has 6 heteroatoms. The topological polar surface area (TPSA) is 110 Å². The number of unbranched alkanes of at least 4 members (excludes halogenated alkanes) is 9. The van der Waals surface area contributed by atoms with Crippen LogP contribution in [0.25, 0.3) is 0 Å². The number of aliphatic hydroxyl groups is 1. The molecule has 2 atom stereocenters. The summed E-state index contributed by atoms with van der Waals surface area (Å²) in [5, 5.41) is 18.3. The van der Waals surface area contributed by atoms with Gasteiger partial charge in [-0.05, 0) is 19.4 Å². The molecule has 0 aliphatic rings. The molecule has 0 spiro atoms. The Morgan fingerprint density at radius 2 is 1.30 bits per heavy atom. The largest absolute Gasteiger partial charge is 0.480 e. The number of carboxylic acid groups (broad SMARTS) is 1. The summed E-state index contributed by atoms with van der Waals surface area (Å²) < 4.78 is 0. The second-order valence-electron chi connectivity index (χ2n) is 8.73. The molecule has 166 valence electrons. The summed E-state index contributed by atoms with van der Waals surface area (Å²) in [6.07, 6.45) is 15.5. The first kappa shape index (κ1) is 29.0. The third-order valence-electron chi connectivity index (χ3n) is 4.87. The molecule has 0 amide bonds. The molecule has 0 radical (unpaired) electrons. The maximum atomic E-state index is 10.1. The molecule has 5 nitrogen and oxygen atoms in total. The van der Waals surface area contributed by atoms with Gasteiger partial charge in [0.1, 0.15) is 6.04 Å². The molecule has 0 aromatic carbocycles. The van der Waals surface area contributed by atoms with Crippen molar-refractivity contribution in [3.63, 3.8) is 0 Å². The van der Waals surface area contributed by atoms with Crippen LogP contribution in [-0.2, 0) is 4.79 Å². The Kier molecular flexibility index (Phi) is 20.5. The molecule has 0 bridgehead atoms. The first-order chi connectivity index (χ1) is 12.7. The van der Waals surface area contributed by atoms with Crippen molar-refractivity contribution in [2.75, 3.05) is 26.5 Å². The van der Waals surface area contributed by atoms with E-state index >= 15 is 0 Å². The molecule has 0 saturated carbocycles. The average Bonchev–Trinajstić information content (AvgIpc) is 2.60. The number of nitrogens with two attached hydrogens (primary N) is 2. The van der Waals surface area contributed by atoms with Crippen molar-refractivity contribution in [3.8, 4) is 0 Å². The van der Waals surface area contributed by atoms with E-state index < -0.39 is 19.3 Å². The number of carbonyl (C=O) groups is 1. The summed E-state index contributed by atoms with van der Waals surface area (Å²) in [4.78, 5) is 10.1. The number of hydrogen-bond donors (Lipinski definition) is 4. The smallest absolute Gasteiger partial charge is 0.320 e. The number of hydrogen-bond acceptors (Lipinski definition) is 4. The quantitative estimate of drug-likeness (QED) is 0.224. The molecule has 0 aliphatic carbocycles. The van der Waals surface area contributed by atoms with E-state index in [4.69, 9.17) is 16.6 Å². The molecule has 27 heavy (non-hydrogen) atoms. The summed E-state index contributed by atoms with van der Waals surface area (Å²) in [5.41, 5.74) is 10.4. The van der Waals surface area contributed by atoms with E-state index in [1.807, 2.05) is 0 Å². The van der Waals surface area contributed by atoms with Gasteiger partial charge in [0.2, 0.25) is 0 Å². The van der Waals surface area contributed by atoms with Crippen molar-refractivity contribution in [2.45, 2.75) is 102 Å². The Morgan fingerprint density at radius 1 is 0.852 bits per heavy atom. The van der Waals surface area contributed by atoms with Crippen molar-refractivity contribution >= 4 is 13.2 Å². The van der Waals surface area contributed by atoms with Gasteiger partial charge in [0.05, 0.1) is 0 Å². The van der Waals surface area contributed by atoms with Gasteiger partial charge >= 0.3 is 115 Å². The van der Waals surface area contributed by atoms with E-state index in [2.05, 4.69) is 26.9 Å². The molecular formula is C21H49N2O3P. The van der Waals surface area contributed by atoms with Crippen LogP contribution >= 0.6 is 7.26 Å². The number of aliphatic hydroxyl groups excluding tert-OH is 1. The van der Waals surface area contributed by atoms with Crippen LogP contribution in [0.5, 0.6) is 0 Å². The molecule has 0 fully saturated rings. The Hall–Kier alpha value is -0.220. The van der Waals surface area contributed by atoms with E-state index in [0.29, 0.717) is 13.0 Å². The van der Waals surface area contributed by atoms with Crippen LogP contribution in [0, 0.1) is 0 Å². The van der Waals surface area contributed by atoms with Crippen LogP contribution in [0.2, 0.25) is 0 Å². The fraction of sp³-hybridized carbons (Fsp3) is 0.952. The summed E-state index contributed by atoms with van der Waals surface area (Å²) in [6.45, 7) is 9.64. The molecule has 0 heterocycles. The van der Waals surface area contributed by atoms with Gasteiger partial charge in [-0.15, -0.1) is 0 Å². The summed E-state index contributed by atoms with van der Waals surface area (Å²) >= 11 is 0. The van der Waals surface area contributed by atoms with Crippen LogP contribution in [0.1, 0.15) is 90.4 Å². The molecule has 0 saturated heterocycles. The van der Waals surface area contributed by atoms with Crippen LogP contribution in [0.3, 0.4) is 0 Å². The van der Waals surface area contributed by atoms with Crippen LogP contribution in [-0.4, -0.2) is 54.6 Å². The summed E-state index contributed by atoms with van der Waals surface area (Å²) in [7, 11) is -1.30. The van der Waals surface area contributed by atoms with E-state index in [1.54, 1.807) is 0 Å². The first-order valence-corrected chi connectivity index (χ1v) is 14.6. The average molecular weight is 409 g/mol. The van der Waals surface area contributed by atoms with Crippen LogP contribution in [0.4, 0.5) is 0 Å². The van der Waals surface area contributed by atoms with Crippen molar-refractivity contribution in [3.05, 3.63) is 0 Å². The van der Waals surface area contributed by atoms with Crippen molar-refractivity contribution in [2.24, 2.45) is 11.5 Å². The third-order valence-corrected chi connectivity index (χ3v) is 7.16. The van der Waals surface area contributed by atoms with E-state index in [9.17, 15) is 9.90 Å². The molecule has 0 aromatic heterocycles. The van der Waals surface area contributed by atoms with E-state index in [0.717, 1.165) is 19.3 Å². The van der Waals surface area contributed by atoms with Crippen molar-refractivity contribution in [1.29, 1.82) is 0 Å². The standard InChI is InChI=1S/C15H35OP.C6H14N2O2/c1-5-6-7-8-9-10-11-12-13-14-15(16)17(2,3)4;7-4-2-1-3-5(8)6(9)10/h15-17H,5-14H2,1-4H3;5H,1-4,7-8H2,(H,9,10). The molecule has 0 aliphatic heterocycles. The maximum Gasteiger partial charge on any atom is 0.320 e. The first-order valence-electron chi connectivity index (χ1n) is 11.0. The van der Waals surface area contributed by atoms with Gasteiger partial charge in [0.25, 0.3) is 0 Å². The normalized spacial score (nSPS) is 14.2. The number of carboxylic acids is 1. The van der Waals surface area contributed by atoms with Gasteiger partial charge in [-0.25, -0.2) is 0 Å². The summed E-state index contributed by atoms with van der Waals surface area (Å²) in [5.74, 6) is -0.927. The van der Waals surface area contributed by atoms with Gasteiger partial charge in [-0.2, -0.15) is 0 Å². The second-order valence-corrected chi connectivity index (χ2v) is 14.1. The Bertz CT molecular complexity index is 336. The maximum absolute atomic E-state index is 10.1. The van der Waals surface area contributed by atoms with Crippen LogP contribution < -0.4 is 11.5 Å². The van der Waals surface area contributed by atoms with Crippen molar-refractivity contribution < 1.29 is 15.0 Å². The zero-order valence-electron chi connectivity index (χ0n) is 18.5. The van der Waals surface area contributed by atoms with Gasteiger partial charge in [-0.3, -0.25) is 4.79 Å². The van der Waals surface area contributed by atoms with E-state index in [1.165, 1.54) is 57.8 Å². The fourth-order valence-electron chi connectivity index (χ4n) is 2.71. The Morgan fingerprint density at radius 3 is 1.70 bits per heavy atom. The van der Waals surface area contributed by atoms with Crippen LogP contribution in [0.15, 0.2) is 0 Å². The number of rotatable bonds is 16. The minimum atomic E-state index is -1.30. The molecule has 0 aromatic rings. The predicted octanol–water partition coefficient (Wildman–Crippen LogP) is 4.39. The molecule has 0 rings (SSSR count). The summed E-state index contributed by atoms with van der Waals surface area (Å²) in [6, 6.07) is -0.716. The third kappa shape index (κ3) is 21.9. The monoisotopic (exact) mass is 408 g/mol. The van der Waals surface area contributed by atoms with Gasteiger partial charge < -0.3 is 16.6 Å². The van der Waals surface area contributed by atoms with Crippen molar-refractivity contribution in [1.82, 2.24) is 0 Å². The molecule has 6 N–H and O–H groups in total. The van der Waals surface area contributed by atoms with Gasteiger partial charge in [0, 0.05) is 0 Å².